The summed E-state index contributed by atoms with van der Waals surface area (Å²) in [4.78, 5) is 0. The zero-order valence-corrected chi connectivity index (χ0v) is 12.6. The summed E-state index contributed by atoms with van der Waals surface area (Å²) < 4.78 is 56.4. The largest absolute Gasteiger partial charge is 0.598 e. The number of benzene rings is 1. The second-order valence-electron chi connectivity index (χ2n) is 5.28. The summed E-state index contributed by atoms with van der Waals surface area (Å²) in [6.07, 6.45) is 0. The molecule has 0 bridgehead atoms. The predicted octanol–water partition coefficient (Wildman–Crippen LogP) is 3.54. The van der Waals surface area contributed by atoms with Crippen molar-refractivity contribution in [2.45, 2.75) is 45.1 Å². The van der Waals surface area contributed by atoms with E-state index in [0.29, 0.717) is 0 Å². The zero-order valence-electron chi connectivity index (χ0n) is 11.7. The fourth-order valence-corrected chi connectivity index (χ4v) is 2.23. The molecule has 0 spiro atoms. The topological polar surface area (TPSA) is 44.3 Å². The average molecular weight is 309 g/mol. The first-order chi connectivity index (χ1) is 9.11. The minimum atomic E-state index is -2.97. The molecule has 2 unspecified atom stereocenters. The molecule has 20 heavy (non-hydrogen) atoms. The van der Waals surface area contributed by atoms with E-state index < -0.39 is 34.6 Å². The Balaban J connectivity index is 2.89. The van der Waals surface area contributed by atoms with Crippen molar-refractivity contribution in [3.8, 4) is 5.75 Å². The maximum atomic E-state index is 13.7. The Labute approximate surface area is 119 Å². The van der Waals surface area contributed by atoms with Gasteiger partial charge in [-0.1, -0.05) is 0 Å². The van der Waals surface area contributed by atoms with Gasteiger partial charge in [-0.2, -0.15) is 8.78 Å². The van der Waals surface area contributed by atoms with E-state index in [1.807, 2.05) is 0 Å². The third-order valence-electron chi connectivity index (χ3n) is 2.50. The van der Waals surface area contributed by atoms with Crippen LogP contribution in [0, 0.1) is 5.82 Å². The Morgan fingerprint density at radius 2 is 1.90 bits per heavy atom. The molecule has 1 N–H and O–H groups in total. The molecular formula is C13H18F3NO2S. The van der Waals surface area contributed by atoms with Crippen molar-refractivity contribution in [2.24, 2.45) is 0 Å². The monoisotopic (exact) mass is 309 g/mol. The van der Waals surface area contributed by atoms with E-state index >= 15 is 0 Å². The Morgan fingerprint density at radius 1 is 1.30 bits per heavy atom. The lowest BCUT2D eigenvalue weighted by Crippen LogP contribution is -2.40. The van der Waals surface area contributed by atoms with Gasteiger partial charge >= 0.3 is 6.61 Å². The van der Waals surface area contributed by atoms with Crippen molar-refractivity contribution >= 4 is 11.4 Å². The molecule has 114 valence electrons. The van der Waals surface area contributed by atoms with Crippen LogP contribution in [0.4, 0.5) is 13.2 Å². The highest BCUT2D eigenvalue weighted by Gasteiger charge is 2.29. The summed E-state index contributed by atoms with van der Waals surface area (Å²) in [6.45, 7) is 3.95. The van der Waals surface area contributed by atoms with Crippen LogP contribution in [0.15, 0.2) is 18.2 Å². The van der Waals surface area contributed by atoms with Gasteiger partial charge in [-0.25, -0.2) is 4.39 Å². The number of halogens is 3. The summed E-state index contributed by atoms with van der Waals surface area (Å²) in [5.74, 6) is -0.705. The van der Waals surface area contributed by atoms with Crippen LogP contribution in [-0.2, 0) is 11.4 Å². The van der Waals surface area contributed by atoms with Crippen LogP contribution in [0.2, 0.25) is 0 Å². The number of nitrogens with one attached hydrogen (secondary N) is 1. The standard InChI is InChI=1S/C13H18F3NO2S/c1-8(17-20(18)13(2,3)4)10-7-9(19-12(15)16)5-6-11(10)14/h5-8,12,17H,1-4H3. The molecule has 0 aromatic heterocycles. The molecule has 0 saturated heterocycles. The quantitative estimate of drug-likeness (QED) is 0.846. The SMILES string of the molecule is CC(N[S+]([O-])C(C)(C)C)c1cc(OC(F)F)ccc1F. The Morgan fingerprint density at radius 3 is 2.40 bits per heavy atom. The van der Waals surface area contributed by atoms with E-state index in [9.17, 15) is 17.7 Å². The summed E-state index contributed by atoms with van der Waals surface area (Å²) >= 11 is -1.40. The molecule has 0 saturated carbocycles. The van der Waals surface area contributed by atoms with Gasteiger partial charge < -0.3 is 9.29 Å². The molecule has 0 aliphatic carbocycles. The van der Waals surface area contributed by atoms with Gasteiger partial charge in [0.25, 0.3) is 0 Å². The van der Waals surface area contributed by atoms with Crippen LogP contribution in [-0.4, -0.2) is 15.9 Å². The van der Waals surface area contributed by atoms with Crippen molar-refractivity contribution in [1.29, 1.82) is 0 Å². The summed E-state index contributed by atoms with van der Waals surface area (Å²) in [5.41, 5.74) is 0.126. The molecule has 1 aromatic rings. The number of rotatable bonds is 5. The van der Waals surface area contributed by atoms with Gasteiger partial charge in [0.1, 0.15) is 16.3 Å². The third kappa shape index (κ3) is 4.88. The second-order valence-corrected chi connectivity index (χ2v) is 7.28. The molecule has 7 heteroatoms. The fraction of sp³-hybridized carbons (Fsp3) is 0.538. The van der Waals surface area contributed by atoms with Gasteiger partial charge in [0.05, 0.1) is 6.04 Å². The van der Waals surface area contributed by atoms with Crippen molar-refractivity contribution in [3.63, 3.8) is 0 Å². The van der Waals surface area contributed by atoms with E-state index in [2.05, 4.69) is 9.46 Å². The molecule has 0 heterocycles. The van der Waals surface area contributed by atoms with E-state index in [0.717, 1.165) is 12.1 Å². The van der Waals surface area contributed by atoms with Crippen LogP contribution in [0.3, 0.4) is 0 Å². The molecule has 0 fully saturated rings. The van der Waals surface area contributed by atoms with Crippen molar-refractivity contribution in [1.82, 2.24) is 4.72 Å². The molecule has 0 aliphatic rings. The Kier molecular flexibility index (Phi) is 5.73. The van der Waals surface area contributed by atoms with Gasteiger partial charge in [0.15, 0.2) is 0 Å². The van der Waals surface area contributed by atoms with Crippen molar-refractivity contribution < 1.29 is 22.5 Å². The van der Waals surface area contributed by atoms with E-state index in [4.69, 9.17) is 0 Å². The van der Waals surface area contributed by atoms with Crippen LogP contribution < -0.4 is 9.46 Å². The normalized spacial score (nSPS) is 15.2. The molecule has 0 aliphatic heterocycles. The molecular weight excluding hydrogens is 291 g/mol. The third-order valence-corrected chi connectivity index (χ3v) is 4.18. The predicted molar refractivity (Wildman–Crippen MR) is 72.5 cm³/mol. The lowest BCUT2D eigenvalue weighted by Gasteiger charge is -2.26. The van der Waals surface area contributed by atoms with Crippen LogP contribution in [0.1, 0.15) is 39.3 Å². The minimum absolute atomic E-state index is 0.126. The first-order valence-electron chi connectivity index (χ1n) is 6.03. The van der Waals surface area contributed by atoms with Gasteiger partial charge in [0, 0.05) is 16.9 Å². The smallest absolute Gasteiger partial charge is 0.387 e. The summed E-state index contributed by atoms with van der Waals surface area (Å²) in [6, 6.07) is 2.75. The molecule has 2 atom stereocenters. The molecule has 1 rings (SSSR count). The van der Waals surface area contributed by atoms with Gasteiger partial charge in [-0.15, -0.1) is 4.72 Å². The zero-order chi connectivity index (χ0) is 15.5. The minimum Gasteiger partial charge on any atom is -0.598 e. The van der Waals surface area contributed by atoms with E-state index in [1.165, 1.54) is 6.07 Å². The molecule has 3 nitrogen and oxygen atoms in total. The maximum Gasteiger partial charge on any atom is 0.387 e. The highest BCUT2D eigenvalue weighted by Crippen LogP contribution is 2.26. The average Bonchev–Trinajstić information content (AvgIpc) is 2.29. The van der Waals surface area contributed by atoms with Crippen LogP contribution in [0.5, 0.6) is 5.75 Å². The van der Waals surface area contributed by atoms with Crippen LogP contribution >= 0.6 is 0 Å². The first-order valence-corrected chi connectivity index (χ1v) is 7.18. The van der Waals surface area contributed by atoms with Gasteiger partial charge in [-0.3, -0.25) is 0 Å². The Hall–Kier alpha value is -0.920. The maximum absolute atomic E-state index is 13.7. The number of alkyl halides is 2. The highest BCUT2D eigenvalue weighted by atomic mass is 32.2. The lowest BCUT2D eigenvalue weighted by atomic mass is 10.1. The molecule has 0 amide bonds. The van der Waals surface area contributed by atoms with E-state index in [1.54, 1.807) is 27.7 Å². The highest BCUT2D eigenvalue weighted by molar-refractivity contribution is 7.90. The Bertz CT molecular complexity index is 452. The van der Waals surface area contributed by atoms with Gasteiger partial charge in [-0.05, 0) is 45.9 Å². The van der Waals surface area contributed by atoms with Crippen molar-refractivity contribution in [3.05, 3.63) is 29.6 Å². The van der Waals surface area contributed by atoms with E-state index in [-0.39, 0.29) is 11.3 Å². The molecule has 1 aromatic carbocycles. The number of hydrogen-bond acceptors (Lipinski definition) is 3. The fourth-order valence-electron chi connectivity index (χ4n) is 1.43. The number of hydrogen-bond donors (Lipinski definition) is 1. The molecule has 0 radical (unpaired) electrons. The first kappa shape index (κ1) is 17.1. The summed E-state index contributed by atoms with van der Waals surface area (Å²) in [7, 11) is 0. The van der Waals surface area contributed by atoms with Crippen LogP contribution in [0.25, 0.3) is 0 Å². The van der Waals surface area contributed by atoms with Gasteiger partial charge in [0.2, 0.25) is 0 Å². The van der Waals surface area contributed by atoms with Crippen molar-refractivity contribution in [2.75, 3.05) is 0 Å². The lowest BCUT2D eigenvalue weighted by molar-refractivity contribution is -0.0499. The number of ether oxygens (including phenoxy) is 1. The second kappa shape index (κ2) is 6.69. The summed E-state index contributed by atoms with van der Waals surface area (Å²) in [5, 5.41) is 0.